The molecule has 3 N–H and O–H groups in total. The van der Waals surface area contributed by atoms with Crippen molar-refractivity contribution in [2.75, 3.05) is 32.7 Å². The van der Waals surface area contributed by atoms with Crippen LogP contribution in [0.5, 0.6) is 0 Å². The lowest BCUT2D eigenvalue weighted by Gasteiger charge is -2.21. The molecule has 1 aromatic rings. The van der Waals surface area contributed by atoms with E-state index in [1.54, 1.807) is 0 Å². The van der Waals surface area contributed by atoms with Crippen molar-refractivity contribution in [1.29, 1.82) is 0 Å². The van der Waals surface area contributed by atoms with Gasteiger partial charge >= 0.3 is 0 Å². The van der Waals surface area contributed by atoms with Crippen molar-refractivity contribution in [2.24, 2.45) is 4.99 Å². The first-order valence-electron chi connectivity index (χ1n) is 11.2. The van der Waals surface area contributed by atoms with Crippen LogP contribution in [0.25, 0.3) is 0 Å². The van der Waals surface area contributed by atoms with E-state index >= 15 is 0 Å². The molecule has 6 nitrogen and oxygen atoms in total. The van der Waals surface area contributed by atoms with E-state index in [2.05, 4.69) is 48.5 Å². The van der Waals surface area contributed by atoms with Crippen molar-refractivity contribution in [3.05, 3.63) is 35.4 Å². The highest BCUT2D eigenvalue weighted by Gasteiger charge is 2.08. The van der Waals surface area contributed by atoms with Gasteiger partial charge in [0.25, 0.3) is 5.91 Å². The van der Waals surface area contributed by atoms with Crippen LogP contribution in [-0.2, 0) is 6.54 Å². The molecule has 164 valence electrons. The highest BCUT2D eigenvalue weighted by molar-refractivity contribution is 5.94. The molecule has 0 aromatic heterocycles. The number of guanidine groups is 1. The largest absolute Gasteiger partial charge is 0.357 e. The molecule has 1 amide bonds. The van der Waals surface area contributed by atoms with Crippen molar-refractivity contribution < 1.29 is 4.79 Å². The summed E-state index contributed by atoms with van der Waals surface area (Å²) in [6.07, 6.45) is 3.21. The van der Waals surface area contributed by atoms with E-state index in [1.807, 2.05) is 31.2 Å². The van der Waals surface area contributed by atoms with Crippen molar-refractivity contribution in [2.45, 2.75) is 66.5 Å². The molecule has 0 fully saturated rings. The second-order valence-electron chi connectivity index (χ2n) is 7.37. The van der Waals surface area contributed by atoms with Gasteiger partial charge in [-0.05, 0) is 70.4 Å². The Kier molecular flexibility index (Phi) is 12.8. The minimum absolute atomic E-state index is 0.0236. The fourth-order valence-electron chi connectivity index (χ4n) is 3.11. The summed E-state index contributed by atoms with van der Waals surface area (Å²) in [6.45, 7) is 16.2. The molecule has 0 aliphatic carbocycles. The highest BCUT2D eigenvalue weighted by atomic mass is 16.1. The summed E-state index contributed by atoms with van der Waals surface area (Å²) in [5.41, 5.74) is 1.72. The maximum Gasteiger partial charge on any atom is 0.251 e. The number of rotatable bonds is 13. The summed E-state index contributed by atoms with van der Waals surface area (Å²) in [6, 6.07) is 8.05. The molecule has 1 atom stereocenters. The van der Waals surface area contributed by atoms with Crippen molar-refractivity contribution in [1.82, 2.24) is 20.9 Å². The second-order valence-corrected chi connectivity index (χ2v) is 7.37. The molecular formula is C23H41N5O. The standard InChI is InChI=1S/C23H41N5O/c1-6-15-25-22(29)21-14-10-13-20(17-21)18-26-23(24-7-2)27-19(5)12-11-16-28(8-3)9-4/h10,13-14,17,19H,6-9,11-12,15-16,18H2,1-5H3,(H,25,29)(H2,24,26,27). The van der Waals surface area contributed by atoms with E-state index in [0.29, 0.717) is 24.7 Å². The van der Waals surface area contributed by atoms with E-state index < -0.39 is 0 Å². The normalized spacial score (nSPS) is 12.7. The predicted octanol–water partition coefficient (Wildman–Crippen LogP) is 3.39. The van der Waals surface area contributed by atoms with E-state index in [4.69, 9.17) is 4.99 Å². The first-order valence-corrected chi connectivity index (χ1v) is 11.2. The van der Waals surface area contributed by atoms with Crippen molar-refractivity contribution >= 4 is 11.9 Å². The minimum Gasteiger partial charge on any atom is -0.357 e. The fourth-order valence-corrected chi connectivity index (χ4v) is 3.11. The summed E-state index contributed by atoms with van der Waals surface area (Å²) in [7, 11) is 0. The molecule has 0 aliphatic rings. The van der Waals surface area contributed by atoms with Crippen LogP contribution in [0.2, 0.25) is 0 Å². The van der Waals surface area contributed by atoms with Crippen LogP contribution in [0.4, 0.5) is 0 Å². The van der Waals surface area contributed by atoms with Gasteiger partial charge in [0.2, 0.25) is 0 Å². The van der Waals surface area contributed by atoms with E-state index in [9.17, 15) is 4.79 Å². The predicted molar refractivity (Wildman–Crippen MR) is 124 cm³/mol. The Morgan fingerprint density at radius 1 is 1.14 bits per heavy atom. The van der Waals surface area contributed by atoms with Gasteiger partial charge in [-0.3, -0.25) is 4.79 Å². The van der Waals surface area contributed by atoms with Gasteiger partial charge in [-0.1, -0.05) is 32.9 Å². The second kappa shape index (κ2) is 14.9. The van der Waals surface area contributed by atoms with Gasteiger partial charge in [0.1, 0.15) is 0 Å². The fraction of sp³-hybridized carbons (Fsp3) is 0.652. The van der Waals surface area contributed by atoms with Crippen LogP contribution >= 0.6 is 0 Å². The van der Waals surface area contributed by atoms with Crippen LogP contribution in [0.3, 0.4) is 0 Å². The first kappa shape index (κ1) is 25.0. The lowest BCUT2D eigenvalue weighted by Crippen LogP contribution is -2.42. The summed E-state index contributed by atoms with van der Waals surface area (Å²) in [5.74, 6) is 0.799. The van der Waals surface area contributed by atoms with Crippen LogP contribution in [0, 0.1) is 0 Å². The smallest absolute Gasteiger partial charge is 0.251 e. The van der Waals surface area contributed by atoms with Crippen molar-refractivity contribution in [3.63, 3.8) is 0 Å². The van der Waals surface area contributed by atoms with E-state index in [-0.39, 0.29) is 5.91 Å². The Labute approximate surface area is 177 Å². The molecular weight excluding hydrogens is 362 g/mol. The van der Waals surface area contributed by atoms with Gasteiger partial charge in [-0.2, -0.15) is 0 Å². The van der Waals surface area contributed by atoms with Gasteiger partial charge in [0.15, 0.2) is 5.96 Å². The number of nitrogens with zero attached hydrogens (tertiary/aromatic N) is 2. The Hall–Kier alpha value is -2.08. The Morgan fingerprint density at radius 3 is 2.55 bits per heavy atom. The summed E-state index contributed by atoms with van der Waals surface area (Å²) in [5, 5.41) is 9.74. The Balaban J connectivity index is 2.61. The molecule has 0 saturated carbocycles. The van der Waals surface area contributed by atoms with Crippen LogP contribution in [0.15, 0.2) is 29.3 Å². The molecule has 1 aromatic carbocycles. The third-order valence-electron chi connectivity index (χ3n) is 4.88. The summed E-state index contributed by atoms with van der Waals surface area (Å²) < 4.78 is 0. The van der Waals surface area contributed by atoms with Crippen LogP contribution in [-0.4, -0.2) is 55.5 Å². The molecule has 0 bridgehead atoms. The number of aliphatic imine (C=N–C) groups is 1. The zero-order valence-electron chi connectivity index (χ0n) is 19.1. The third kappa shape index (κ3) is 10.3. The minimum atomic E-state index is -0.0236. The molecule has 0 radical (unpaired) electrons. The number of hydrogen-bond donors (Lipinski definition) is 3. The number of amides is 1. The van der Waals surface area contributed by atoms with Gasteiger partial charge in [-0.15, -0.1) is 0 Å². The highest BCUT2D eigenvalue weighted by Crippen LogP contribution is 2.07. The summed E-state index contributed by atoms with van der Waals surface area (Å²) in [4.78, 5) is 19.3. The van der Waals surface area contributed by atoms with Gasteiger partial charge < -0.3 is 20.9 Å². The Morgan fingerprint density at radius 2 is 1.90 bits per heavy atom. The third-order valence-corrected chi connectivity index (χ3v) is 4.88. The number of carbonyl (C=O) groups is 1. The van der Waals surface area contributed by atoms with Gasteiger partial charge in [0.05, 0.1) is 6.54 Å². The quantitative estimate of drug-likeness (QED) is 0.349. The molecule has 1 rings (SSSR count). The van der Waals surface area contributed by atoms with Crippen LogP contribution in [0.1, 0.15) is 69.8 Å². The SMILES string of the molecule is CCCNC(=O)c1cccc(CN=C(NCC)NC(C)CCCN(CC)CC)c1. The number of benzene rings is 1. The van der Waals surface area contributed by atoms with E-state index in [1.165, 1.54) is 6.42 Å². The maximum atomic E-state index is 12.2. The van der Waals surface area contributed by atoms with Crippen LogP contribution < -0.4 is 16.0 Å². The monoisotopic (exact) mass is 403 g/mol. The average Bonchev–Trinajstić information content (AvgIpc) is 2.73. The summed E-state index contributed by atoms with van der Waals surface area (Å²) >= 11 is 0. The van der Waals surface area contributed by atoms with Crippen molar-refractivity contribution in [3.8, 4) is 0 Å². The average molecular weight is 404 g/mol. The van der Waals surface area contributed by atoms with E-state index in [0.717, 1.165) is 50.5 Å². The zero-order chi connectivity index (χ0) is 21.5. The lowest BCUT2D eigenvalue weighted by molar-refractivity contribution is 0.0953. The molecule has 6 heteroatoms. The van der Waals surface area contributed by atoms with Gasteiger partial charge in [0, 0.05) is 24.7 Å². The molecule has 0 spiro atoms. The Bertz CT molecular complexity index is 613. The first-order chi connectivity index (χ1) is 14.0. The number of hydrogen-bond acceptors (Lipinski definition) is 3. The topological polar surface area (TPSA) is 68.8 Å². The number of carbonyl (C=O) groups excluding carboxylic acids is 1. The molecule has 1 unspecified atom stereocenters. The molecule has 0 saturated heterocycles. The zero-order valence-corrected chi connectivity index (χ0v) is 19.1. The maximum absolute atomic E-state index is 12.2. The lowest BCUT2D eigenvalue weighted by atomic mass is 10.1. The molecule has 0 heterocycles. The number of nitrogens with one attached hydrogen (secondary N) is 3. The molecule has 0 aliphatic heterocycles. The molecule has 29 heavy (non-hydrogen) atoms. The van der Waals surface area contributed by atoms with Gasteiger partial charge in [-0.25, -0.2) is 4.99 Å².